The predicted octanol–water partition coefficient (Wildman–Crippen LogP) is 1.59. The first kappa shape index (κ1) is 19.1. The number of benzene rings is 1. The maximum Gasteiger partial charge on any atom is 0.113 e. The lowest BCUT2D eigenvalue weighted by Crippen LogP contribution is -2.55. The molecule has 6 heteroatoms. The Morgan fingerprint density at radius 3 is 2.24 bits per heavy atom. The fourth-order valence-electron chi connectivity index (χ4n) is 3.43. The zero-order chi connectivity index (χ0) is 18.2. The number of aliphatic hydroxyl groups is 4. The van der Waals surface area contributed by atoms with E-state index in [1.54, 1.807) is 11.8 Å². The number of ether oxygens (including phenoxy) is 1. The van der Waals surface area contributed by atoms with Crippen LogP contribution in [0.5, 0.6) is 0 Å². The van der Waals surface area contributed by atoms with Gasteiger partial charge in [-0.15, -0.1) is 0 Å². The van der Waals surface area contributed by atoms with Crippen molar-refractivity contribution in [2.24, 2.45) is 0 Å². The molecule has 0 saturated carbocycles. The Kier molecular flexibility index (Phi) is 5.78. The third kappa shape index (κ3) is 4.04. The van der Waals surface area contributed by atoms with Gasteiger partial charge in [0.05, 0.1) is 11.7 Å². The molecule has 140 valence electrons. The molecule has 1 aromatic carbocycles. The van der Waals surface area contributed by atoms with Crippen LogP contribution in [0.4, 0.5) is 0 Å². The summed E-state index contributed by atoms with van der Waals surface area (Å²) < 4.78 is 5.95. The van der Waals surface area contributed by atoms with Gasteiger partial charge in [0.1, 0.15) is 24.4 Å². The molecule has 2 heterocycles. The lowest BCUT2D eigenvalue weighted by Gasteiger charge is -2.43. The highest BCUT2D eigenvalue weighted by atomic mass is 32.2. The average Bonchev–Trinajstić information content (AvgIpc) is 2.57. The van der Waals surface area contributed by atoms with Gasteiger partial charge in [0.15, 0.2) is 0 Å². The van der Waals surface area contributed by atoms with Crippen molar-refractivity contribution in [2.45, 2.75) is 68.7 Å². The Bertz CT molecular complexity index is 572. The van der Waals surface area contributed by atoms with Crippen molar-refractivity contribution in [3.8, 4) is 0 Å². The molecule has 2 saturated heterocycles. The first-order valence-corrected chi connectivity index (χ1v) is 10.1. The predicted molar refractivity (Wildman–Crippen MR) is 97.7 cm³/mol. The summed E-state index contributed by atoms with van der Waals surface area (Å²) in [5, 5.41) is 41.1. The van der Waals surface area contributed by atoms with Crippen LogP contribution in [-0.4, -0.2) is 61.9 Å². The highest BCUT2D eigenvalue weighted by Gasteiger charge is 2.45. The van der Waals surface area contributed by atoms with Crippen LogP contribution in [-0.2, 0) is 4.74 Å². The third-order valence-electron chi connectivity index (χ3n) is 5.28. The molecule has 1 aromatic rings. The minimum absolute atomic E-state index is 0.410. The zero-order valence-corrected chi connectivity index (χ0v) is 15.5. The van der Waals surface area contributed by atoms with Crippen molar-refractivity contribution >= 4 is 11.8 Å². The molecule has 0 aromatic heterocycles. The van der Waals surface area contributed by atoms with E-state index in [0.717, 1.165) is 5.56 Å². The fourth-order valence-corrected chi connectivity index (χ4v) is 4.39. The minimum Gasteiger partial charge on any atom is -0.388 e. The molecule has 2 fully saturated rings. The SMILES string of the molecule is CC(C)c1ccc(C2O[C@H](CCC3(O)CSC3)[C@@H](O)[C@H](O)[C@@H]2O)cc1. The second-order valence-electron chi connectivity index (χ2n) is 7.64. The third-order valence-corrected chi connectivity index (χ3v) is 6.76. The van der Waals surface area contributed by atoms with Crippen molar-refractivity contribution in [3.05, 3.63) is 35.4 Å². The largest absolute Gasteiger partial charge is 0.388 e. The zero-order valence-electron chi connectivity index (χ0n) is 14.7. The maximum absolute atomic E-state index is 10.4. The minimum atomic E-state index is -1.26. The summed E-state index contributed by atoms with van der Waals surface area (Å²) in [7, 11) is 0. The van der Waals surface area contributed by atoms with Gasteiger partial charge in [-0.2, -0.15) is 11.8 Å². The van der Waals surface area contributed by atoms with Crippen LogP contribution in [0.15, 0.2) is 24.3 Å². The highest BCUT2D eigenvalue weighted by Crippen LogP contribution is 2.38. The van der Waals surface area contributed by atoms with Gasteiger partial charge in [-0.3, -0.25) is 0 Å². The molecule has 25 heavy (non-hydrogen) atoms. The molecule has 5 atom stereocenters. The van der Waals surface area contributed by atoms with Crippen LogP contribution in [0.2, 0.25) is 0 Å². The molecule has 3 rings (SSSR count). The van der Waals surface area contributed by atoms with E-state index in [1.807, 2.05) is 24.3 Å². The van der Waals surface area contributed by atoms with Crippen LogP contribution in [0.3, 0.4) is 0 Å². The van der Waals surface area contributed by atoms with Crippen molar-refractivity contribution < 1.29 is 25.2 Å². The quantitative estimate of drug-likeness (QED) is 0.631. The number of hydrogen-bond acceptors (Lipinski definition) is 6. The summed E-state index contributed by atoms with van der Waals surface area (Å²) in [5.74, 6) is 1.80. The maximum atomic E-state index is 10.4. The lowest BCUT2D eigenvalue weighted by molar-refractivity contribution is -0.227. The van der Waals surface area contributed by atoms with Crippen molar-refractivity contribution in [1.82, 2.24) is 0 Å². The van der Waals surface area contributed by atoms with Gasteiger partial charge in [-0.05, 0) is 29.9 Å². The molecule has 4 N–H and O–H groups in total. The molecule has 1 unspecified atom stereocenters. The summed E-state index contributed by atoms with van der Waals surface area (Å²) in [4.78, 5) is 0. The van der Waals surface area contributed by atoms with Gasteiger partial charge < -0.3 is 25.2 Å². The van der Waals surface area contributed by atoms with Crippen LogP contribution >= 0.6 is 11.8 Å². The van der Waals surface area contributed by atoms with Crippen LogP contribution in [0, 0.1) is 0 Å². The second kappa shape index (κ2) is 7.55. The van der Waals surface area contributed by atoms with Gasteiger partial charge in [0, 0.05) is 11.5 Å². The number of aliphatic hydroxyl groups excluding tert-OH is 3. The fraction of sp³-hybridized carbons (Fsp3) is 0.684. The van der Waals surface area contributed by atoms with E-state index in [4.69, 9.17) is 4.74 Å². The Morgan fingerprint density at radius 2 is 1.72 bits per heavy atom. The number of thioether (sulfide) groups is 1. The van der Waals surface area contributed by atoms with Crippen molar-refractivity contribution in [1.29, 1.82) is 0 Å². The number of hydrogen-bond donors (Lipinski definition) is 4. The Hall–Kier alpha value is -0.630. The van der Waals surface area contributed by atoms with Gasteiger partial charge in [-0.1, -0.05) is 38.1 Å². The number of rotatable bonds is 5. The molecule has 0 aliphatic carbocycles. The van der Waals surface area contributed by atoms with Gasteiger partial charge in [0.2, 0.25) is 0 Å². The Labute approximate surface area is 153 Å². The van der Waals surface area contributed by atoms with Crippen LogP contribution < -0.4 is 0 Å². The smallest absolute Gasteiger partial charge is 0.113 e. The molecular formula is C19H28O5S. The van der Waals surface area contributed by atoms with E-state index < -0.39 is 36.1 Å². The molecule has 2 aliphatic heterocycles. The van der Waals surface area contributed by atoms with Gasteiger partial charge >= 0.3 is 0 Å². The molecule has 2 aliphatic rings. The molecule has 0 spiro atoms. The van der Waals surface area contributed by atoms with E-state index in [9.17, 15) is 20.4 Å². The summed E-state index contributed by atoms with van der Waals surface area (Å²) in [5.41, 5.74) is 1.28. The first-order valence-electron chi connectivity index (χ1n) is 8.90. The molecule has 5 nitrogen and oxygen atoms in total. The normalized spacial score (nSPS) is 34.8. The monoisotopic (exact) mass is 368 g/mol. The Morgan fingerprint density at radius 1 is 1.08 bits per heavy atom. The van der Waals surface area contributed by atoms with Crippen molar-refractivity contribution in [2.75, 3.05) is 11.5 Å². The molecule has 0 amide bonds. The molecule has 0 radical (unpaired) electrons. The van der Waals surface area contributed by atoms with Gasteiger partial charge in [0.25, 0.3) is 0 Å². The van der Waals surface area contributed by atoms with E-state index in [-0.39, 0.29) is 0 Å². The standard InChI is InChI=1S/C19H28O5S/c1-11(2)12-3-5-13(6-4-12)18-17(22)16(21)15(20)14(24-18)7-8-19(23)9-25-10-19/h3-6,11,14-18,20-23H,7-10H2,1-2H3/t14-,15-,16+,17+,18?/m1/s1. The van der Waals surface area contributed by atoms with Crippen molar-refractivity contribution in [3.63, 3.8) is 0 Å². The van der Waals surface area contributed by atoms with E-state index in [0.29, 0.717) is 30.3 Å². The highest BCUT2D eigenvalue weighted by molar-refractivity contribution is 8.00. The summed E-state index contributed by atoms with van der Waals surface area (Å²) in [6.45, 7) is 4.22. The van der Waals surface area contributed by atoms with E-state index in [2.05, 4.69) is 13.8 Å². The first-order chi connectivity index (χ1) is 11.8. The van der Waals surface area contributed by atoms with E-state index >= 15 is 0 Å². The van der Waals surface area contributed by atoms with Gasteiger partial charge in [-0.25, -0.2) is 0 Å². The van der Waals surface area contributed by atoms with E-state index in [1.165, 1.54) is 5.56 Å². The van der Waals surface area contributed by atoms with Crippen LogP contribution in [0.25, 0.3) is 0 Å². The second-order valence-corrected chi connectivity index (χ2v) is 8.63. The summed E-state index contributed by atoms with van der Waals surface area (Å²) in [6.07, 6.45) is -3.93. The summed E-state index contributed by atoms with van der Waals surface area (Å²) in [6, 6.07) is 7.80. The van der Waals surface area contributed by atoms with Crippen LogP contribution in [0.1, 0.15) is 49.8 Å². The molecular weight excluding hydrogens is 340 g/mol. The topological polar surface area (TPSA) is 90.2 Å². The molecule has 0 bridgehead atoms. The average molecular weight is 368 g/mol. The lowest BCUT2D eigenvalue weighted by atomic mass is 9.87. The summed E-state index contributed by atoms with van der Waals surface area (Å²) >= 11 is 1.69. The Balaban J connectivity index is 1.71.